The molecule has 0 spiro atoms. The van der Waals surface area contributed by atoms with Crippen LogP contribution in [-0.4, -0.2) is 99.6 Å². The molecule has 0 aliphatic carbocycles. The molecule has 0 aromatic rings. The molecule has 168 valence electrons. The summed E-state index contributed by atoms with van der Waals surface area (Å²) in [6.45, 7) is 11.1. The smallest absolute Gasteiger partial charge is 0.191 e. The predicted molar refractivity (Wildman–Crippen MR) is 129 cm³/mol. The van der Waals surface area contributed by atoms with Crippen molar-refractivity contribution in [2.45, 2.75) is 51.6 Å². The zero-order valence-corrected chi connectivity index (χ0v) is 20.8. The largest absolute Gasteiger partial charge is 0.387 e. The Hall–Kier alpha value is -0.160. The van der Waals surface area contributed by atoms with Crippen LogP contribution in [0.4, 0.5) is 0 Å². The van der Waals surface area contributed by atoms with E-state index in [-0.39, 0.29) is 24.0 Å². The number of unbranched alkanes of at least 4 members (excludes halogenated alkanes) is 4. The topological polar surface area (TPSA) is 72.4 Å². The minimum absolute atomic E-state index is 0. The van der Waals surface area contributed by atoms with Gasteiger partial charge in [-0.1, -0.05) is 19.3 Å². The molecule has 0 aromatic heterocycles. The molecule has 0 amide bonds. The Bertz CT molecular complexity index is 402. The van der Waals surface area contributed by atoms with Crippen molar-refractivity contribution in [2.24, 2.45) is 4.99 Å². The van der Waals surface area contributed by atoms with Gasteiger partial charge in [-0.05, 0) is 47.3 Å². The van der Waals surface area contributed by atoms with Gasteiger partial charge in [0.2, 0.25) is 0 Å². The normalized spacial score (nSPS) is 17.9. The molecule has 0 bridgehead atoms. The lowest BCUT2D eigenvalue weighted by molar-refractivity contribution is -0.0179. The summed E-state index contributed by atoms with van der Waals surface area (Å²) in [6, 6.07) is 0. The van der Waals surface area contributed by atoms with Crippen LogP contribution < -0.4 is 10.6 Å². The molecule has 1 saturated heterocycles. The van der Waals surface area contributed by atoms with Crippen LogP contribution in [0.2, 0.25) is 0 Å². The SMILES string of the molecule is CCNC(=NCC(C)(O)CN1CCOCC1)NCCCCCCCN(C)C.I. The van der Waals surface area contributed by atoms with Crippen molar-refractivity contribution in [3.8, 4) is 0 Å². The highest BCUT2D eigenvalue weighted by Crippen LogP contribution is 2.09. The fourth-order valence-corrected chi connectivity index (χ4v) is 3.17. The van der Waals surface area contributed by atoms with Gasteiger partial charge in [0.25, 0.3) is 0 Å². The van der Waals surface area contributed by atoms with E-state index in [4.69, 9.17) is 4.74 Å². The molecule has 3 N–H and O–H groups in total. The number of morpholine rings is 1. The molecule has 1 unspecified atom stereocenters. The maximum absolute atomic E-state index is 10.7. The minimum atomic E-state index is -0.827. The molecule has 0 aromatic carbocycles. The molecule has 1 fully saturated rings. The second-order valence-electron chi connectivity index (χ2n) is 8.08. The summed E-state index contributed by atoms with van der Waals surface area (Å²) in [5.74, 6) is 0.798. The number of aliphatic hydroxyl groups is 1. The lowest BCUT2D eigenvalue weighted by atomic mass is 10.1. The summed E-state index contributed by atoms with van der Waals surface area (Å²) in [5.41, 5.74) is -0.827. The number of ether oxygens (including phenoxy) is 1. The summed E-state index contributed by atoms with van der Waals surface area (Å²) in [4.78, 5) is 9.09. The number of halogens is 1. The first-order valence-electron chi connectivity index (χ1n) is 10.6. The van der Waals surface area contributed by atoms with Crippen LogP contribution in [0.1, 0.15) is 46.0 Å². The van der Waals surface area contributed by atoms with Crippen molar-refractivity contribution in [1.82, 2.24) is 20.4 Å². The third kappa shape index (κ3) is 14.8. The fourth-order valence-electron chi connectivity index (χ4n) is 3.17. The average molecular weight is 514 g/mol. The Morgan fingerprint density at radius 2 is 1.75 bits per heavy atom. The Morgan fingerprint density at radius 1 is 1.11 bits per heavy atom. The molecule has 1 atom stereocenters. The molecule has 8 heteroatoms. The molecule has 1 aliphatic heterocycles. The van der Waals surface area contributed by atoms with Gasteiger partial charge in [-0.2, -0.15) is 0 Å². The van der Waals surface area contributed by atoms with E-state index in [1.54, 1.807) is 0 Å². The standard InChI is InChI=1S/C20H43N5O2.HI/c1-5-21-19(22-11-9-7-6-8-10-12-24(3)4)23-17-20(2,26)18-25-13-15-27-16-14-25;/h26H,5-18H2,1-4H3,(H2,21,22,23);1H. The lowest BCUT2D eigenvalue weighted by Crippen LogP contribution is -2.48. The summed E-state index contributed by atoms with van der Waals surface area (Å²) in [7, 11) is 4.26. The number of hydrogen-bond acceptors (Lipinski definition) is 5. The van der Waals surface area contributed by atoms with Gasteiger partial charge < -0.3 is 25.4 Å². The van der Waals surface area contributed by atoms with E-state index in [1.807, 2.05) is 6.92 Å². The van der Waals surface area contributed by atoms with Crippen molar-refractivity contribution >= 4 is 29.9 Å². The summed E-state index contributed by atoms with van der Waals surface area (Å²) < 4.78 is 5.37. The zero-order valence-electron chi connectivity index (χ0n) is 18.5. The Morgan fingerprint density at radius 3 is 2.39 bits per heavy atom. The van der Waals surface area contributed by atoms with Crippen molar-refractivity contribution in [3.05, 3.63) is 0 Å². The Labute approximate surface area is 189 Å². The van der Waals surface area contributed by atoms with E-state index in [0.717, 1.165) is 51.8 Å². The molecule has 1 rings (SSSR count). The molecule has 1 aliphatic rings. The van der Waals surface area contributed by atoms with E-state index >= 15 is 0 Å². The van der Waals surface area contributed by atoms with E-state index < -0.39 is 5.60 Å². The highest BCUT2D eigenvalue weighted by atomic mass is 127. The first-order chi connectivity index (χ1) is 12.9. The second kappa shape index (κ2) is 16.6. The summed E-state index contributed by atoms with van der Waals surface area (Å²) in [5, 5.41) is 17.3. The molecular formula is C20H44IN5O2. The first-order valence-corrected chi connectivity index (χ1v) is 10.6. The zero-order chi connectivity index (χ0) is 20.0. The maximum Gasteiger partial charge on any atom is 0.191 e. The number of nitrogens with one attached hydrogen (secondary N) is 2. The minimum Gasteiger partial charge on any atom is -0.387 e. The van der Waals surface area contributed by atoms with E-state index in [9.17, 15) is 5.11 Å². The van der Waals surface area contributed by atoms with Crippen LogP contribution in [0.25, 0.3) is 0 Å². The van der Waals surface area contributed by atoms with Gasteiger partial charge in [0.05, 0.1) is 25.4 Å². The van der Waals surface area contributed by atoms with Gasteiger partial charge in [-0.3, -0.25) is 9.89 Å². The molecule has 7 nitrogen and oxygen atoms in total. The van der Waals surface area contributed by atoms with E-state index in [2.05, 4.69) is 46.4 Å². The van der Waals surface area contributed by atoms with Crippen molar-refractivity contribution < 1.29 is 9.84 Å². The number of β-amino-alcohol motifs (C(OH)–C–C–N with tert-alkyl or cyclic N) is 1. The molecule has 28 heavy (non-hydrogen) atoms. The maximum atomic E-state index is 10.7. The van der Waals surface area contributed by atoms with Crippen molar-refractivity contribution in [2.75, 3.05) is 73.1 Å². The number of hydrogen-bond donors (Lipinski definition) is 3. The van der Waals surface area contributed by atoms with E-state index in [0.29, 0.717) is 13.1 Å². The average Bonchev–Trinajstić information content (AvgIpc) is 2.62. The van der Waals surface area contributed by atoms with Crippen LogP contribution >= 0.6 is 24.0 Å². The number of aliphatic imine (C=N–C) groups is 1. The summed E-state index contributed by atoms with van der Waals surface area (Å²) >= 11 is 0. The fraction of sp³-hybridized carbons (Fsp3) is 0.950. The molecule has 1 heterocycles. The third-order valence-electron chi connectivity index (χ3n) is 4.66. The second-order valence-corrected chi connectivity index (χ2v) is 8.08. The highest BCUT2D eigenvalue weighted by molar-refractivity contribution is 14.0. The van der Waals surface area contributed by atoms with E-state index in [1.165, 1.54) is 32.2 Å². The third-order valence-corrected chi connectivity index (χ3v) is 4.66. The van der Waals surface area contributed by atoms with Crippen molar-refractivity contribution in [3.63, 3.8) is 0 Å². The van der Waals surface area contributed by atoms with Gasteiger partial charge in [0.15, 0.2) is 5.96 Å². The van der Waals surface area contributed by atoms with Gasteiger partial charge in [0.1, 0.15) is 0 Å². The number of guanidine groups is 1. The van der Waals surface area contributed by atoms with Gasteiger partial charge >= 0.3 is 0 Å². The quantitative estimate of drug-likeness (QED) is 0.151. The van der Waals surface area contributed by atoms with Gasteiger partial charge in [-0.15, -0.1) is 24.0 Å². The Balaban J connectivity index is 0.00000729. The highest BCUT2D eigenvalue weighted by Gasteiger charge is 2.25. The van der Waals surface area contributed by atoms with Crippen LogP contribution in [0.5, 0.6) is 0 Å². The van der Waals surface area contributed by atoms with Crippen LogP contribution in [0.15, 0.2) is 4.99 Å². The monoisotopic (exact) mass is 513 g/mol. The predicted octanol–water partition coefficient (Wildman–Crippen LogP) is 1.75. The number of nitrogens with zero attached hydrogens (tertiary/aromatic N) is 3. The lowest BCUT2D eigenvalue weighted by Gasteiger charge is -2.33. The van der Waals surface area contributed by atoms with Crippen LogP contribution in [-0.2, 0) is 4.74 Å². The van der Waals surface area contributed by atoms with Gasteiger partial charge in [-0.25, -0.2) is 0 Å². The molecule has 0 radical (unpaired) electrons. The van der Waals surface area contributed by atoms with Crippen molar-refractivity contribution in [1.29, 1.82) is 0 Å². The number of rotatable bonds is 13. The van der Waals surface area contributed by atoms with Crippen LogP contribution in [0, 0.1) is 0 Å². The van der Waals surface area contributed by atoms with Gasteiger partial charge in [0, 0.05) is 32.7 Å². The first kappa shape index (κ1) is 27.8. The molecular weight excluding hydrogens is 469 g/mol. The summed E-state index contributed by atoms with van der Waals surface area (Å²) in [6.07, 6.45) is 6.27. The Kier molecular flexibility index (Phi) is 16.5. The molecule has 0 saturated carbocycles. The van der Waals surface area contributed by atoms with Crippen LogP contribution in [0.3, 0.4) is 0 Å².